The van der Waals surface area contributed by atoms with E-state index in [1.54, 1.807) is 18.2 Å². The number of hydrogen-bond acceptors (Lipinski definition) is 6. The lowest BCUT2D eigenvalue weighted by Gasteiger charge is -2.40. The number of likely N-dealkylation sites (N-methyl/N-ethyl adjacent to an activating group) is 1. The lowest BCUT2D eigenvalue weighted by atomic mass is 9.88. The van der Waals surface area contributed by atoms with Crippen LogP contribution < -0.4 is 10.6 Å². The van der Waals surface area contributed by atoms with Crippen molar-refractivity contribution in [3.05, 3.63) is 96.7 Å². The average Bonchev–Trinajstić information content (AvgIpc) is 2.79. The van der Waals surface area contributed by atoms with E-state index in [1.165, 1.54) is 18.2 Å². The van der Waals surface area contributed by atoms with Gasteiger partial charge in [0, 0.05) is 43.1 Å². The summed E-state index contributed by atoms with van der Waals surface area (Å²) in [6.07, 6.45) is 1.93. The molecule has 2 heterocycles. The van der Waals surface area contributed by atoms with Crippen molar-refractivity contribution in [2.45, 2.75) is 13.0 Å². The monoisotopic (exact) mass is 451 g/mol. The molecule has 0 saturated carbocycles. The molecule has 0 fully saturated rings. The third kappa shape index (κ3) is 4.36. The summed E-state index contributed by atoms with van der Waals surface area (Å²) in [5.74, 6) is 0. The van der Waals surface area contributed by atoms with Gasteiger partial charge in [0.25, 0.3) is 11.4 Å². The minimum Gasteiger partial charge on any atom is -0.352 e. The smallest absolute Gasteiger partial charge is 0.270 e. The molecule has 2 aliphatic rings. The quantitative estimate of drug-likeness (QED) is 0.402. The Bertz CT molecular complexity index is 1180. The van der Waals surface area contributed by atoms with Crippen molar-refractivity contribution < 1.29 is 9.85 Å². The molecular weight excluding hydrogens is 430 g/mol. The van der Waals surface area contributed by atoms with Gasteiger partial charge in [0.05, 0.1) is 15.9 Å². The Labute approximate surface area is 189 Å². The fourth-order valence-corrected chi connectivity index (χ4v) is 4.26. The molecule has 164 valence electrons. The van der Waals surface area contributed by atoms with E-state index in [1.807, 2.05) is 18.2 Å². The van der Waals surface area contributed by atoms with E-state index < -0.39 is 9.85 Å². The van der Waals surface area contributed by atoms with Crippen LogP contribution >= 0.6 is 12.2 Å². The number of nitrogens with zero attached hydrogens (tertiary/aromatic N) is 3. The van der Waals surface area contributed by atoms with Crippen LogP contribution in [0.1, 0.15) is 24.1 Å². The van der Waals surface area contributed by atoms with E-state index in [2.05, 4.69) is 22.5 Å². The number of nitro groups is 2. The summed E-state index contributed by atoms with van der Waals surface area (Å²) in [4.78, 5) is 23.9. The van der Waals surface area contributed by atoms with Crippen LogP contribution in [-0.2, 0) is 0 Å². The van der Waals surface area contributed by atoms with Crippen LogP contribution in [0, 0.1) is 20.2 Å². The number of nitrogens with one attached hydrogen (secondary N) is 2. The molecule has 0 saturated heterocycles. The summed E-state index contributed by atoms with van der Waals surface area (Å²) in [5.41, 5.74) is 4.35. The third-order valence-corrected chi connectivity index (χ3v) is 5.80. The number of rotatable bonds is 5. The van der Waals surface area contributed by atoms with E-state index in [-0.39, 0.29) is 17.4 Å². The second kappa shape index (κ2) is 8.85. The summed E-state index contributed by atoms with van der Waals surface area (Å²) in [6.45, 7) is 4.17. The maximum absolute atomic E-state index is 11.3. The molecule has 0 radical (unpaired) electrons. The number of non-ortho nitro benzene ring substituents is 2. The van der Waals surface area contributed by atoms with E-state index in [9.17, 15) is 20.2 Å². The third-order valence-electron chi connectivity index (χ3n) is 5.58. The predicted molar refractivity (Wildman–Crippen MR) is 125 cm³/mol. The Hall–Kier alpha value is -3.63. The van der Waals surface area contributed by atoms with Gasteiger partial charge in [0.1, 0.15) is 0 Å². The Kier molecular flexibility index (Phi) is 5.97. The SMILES string of the molecule is CCN1CC2=C(NC(=S)NC2c2cccc([N+](=O)[O-])c2)/C(=C/c2cccc([N+](=O)[O-])c2)C1. The zero-order valence-electron chi connectivity index (χ0n) is 17.3. The Morgan fingerprint density at radius 3 is 2.47 bits per heavy atom. The lowest BCUT2D eigenvalue weighted by molar-refractivity contribution is -0.385. The van der Waals surface area contributed by atoms with Crippen LogP contribution in [0.5, 0.6) is 0 Å². The van der Waals surface area contributed by atoms with Gasteiger partial charge < -0.3 is 10.6 Å². The molecule has 2 N–H and O–H groups in total. The van der Waals surface area contributed by atoms with Gasteiger partial charge in [-0.15, -0.1) is 0 Å². The molecule has 9 nitrogen and oxygen atoms in total. The summed E-state index contributed by atoms with van der Waals surface area (Å²) >= 11 is 5.45. The number of hydrogen-bond donors (Lipinski definition) is 2. The van der Waals surface area contributed by atoms with Crippen LogP contribution in [0.15, 0.2) is 65.4 Å². The standard InChI is InChI=1S/C22H21N5O4S/c1-2-25-12-16(9-14-5-3-7-17(10-14)26(28)29)21-19(13-25)20(23-22(32)24-21)15-6-4-8-18(11-15)27(30)31/h3-11,20H,2,12-13H2,1H3,(H2,23,24,32)/b16-9+. The zero-order chi connectivity index (χ0) is 22.8. The summed E-state index contributed by atoms with van der Waals surface area (Å²) in [5, 5.41) is 29.4. The maximum Gasteiger partial charge on any atom is 0.270 e. The highest BCUT2D eigenvalue weighted by Gasteiger charge is 2.33. The van der Waals surface area contributed by atoms with E-state index in [0.717, 1.165) is 34.5 Å². The van der Waals surface area contributed by atoms with Gasteiger partial charge in [0.2, 0.25) is 0 Å². The molecule has 32 heavy (non-hydrogen) atoms. The molecule has 0 amide bonds. The Morgan fingerprint density at radius 1 is 1.09 bits per heavy atom. The molecule has 2 aliphatic heterocycles. The lowest BCUT2D eigenvalue weighted by Crippen LogP contribution is -2.50. The van der Waals surface area contributed by atoms with Crippen molar-refractivity contribution >= 4 is 34.8 Å². The van der Waals surface area contributed by atoms with Crippen molar-refractivity contribution in [2.75, 3.05) is 19.6 Å². The first kappa shape index (κ1) is 21.6. The van der Waals surface area contributed by atoms with E-state index in [0.29, 0.717) is 18.2 Å². The van der Waals surface area contributed by atoms with Gasteiger partial charge in [-0.05, 0) is 47.1 Å². The van der Waals surface area contributed by atoms with Gasteiger partial charge in [-0.1, -0.05) is 31.2 Å². The predicted octanol–water partition coefficient (Wildman–Crippen LogP) is 3.70. The van der Waals surface area contributed by atoms with Crippen molar-refractivity contribution in [1.82, 2.24) is 15.5 Å². The molecule has 2 aromatic carbocycles. The van der Waals surface area contributed by atoms with Crippen molar-refractivity contribution in [3.8, 4) is 0 Å². The molecule has 4 rings (SSSR count). The Morgan fingerprint density at radius 2 is 1.78 bits per heavy atom. The van der Waals surface area contributed by atoms with E-state index >= 15 is 0 Å². The number of nitro benzene ring substituents is 2. The zero-order valence-corrected chi connectivity index (χ0v) is 18.1. The van der Waals surface area contributed by atoms with Crippen molar-refractivity contribution in [3.63, 3.8) is 0 Å². The van der Waals surface area contributed by atoms with Crippen molar-refractivity contribution in [1.29, 1.82) is 0 Å². The first-order chi connectivity index (χ1) is 15.4. The van der Waals surface area contributed by atoms with Crippen LogP contribution in [-0.4, -0.2) is 39.5 Å². The minimum atomic E-state index is -0.415. The summed E-state index contributed by atoms with van der Waals surface area (Å²) in [6, 6.07) is 12.7. The highest BCUT2D eigenvalue weighted by atomic mass is 32.1. The average molecular weight is 452 g/mol. The minimum absolute atomic E-state index is 0.0198. The second-order valence-electron chi connectivity index (χ2n) is 7.61. The van der Waals surface area contributed by atoms with Crippen LogP contribution in [0.4, 0.5) is 11.4 Å². The molecule has 1 unspecified atom stereocenters. The number of benzene rings is 2. The topological polar surface area (TPSA) is 114 Å². The van der Waals surface area contributed by atoms with Gasteiger partial charge >= 0.3 is 0 Å². The first-order valence-corrected chi connectivity index (χ1v) is 10.5. The largest absolute Gasteiger partial charge is 0.352 e. The van der Waals surface area contributed by atoms with Gasteiger partial charge in [-0.25, -0.2) is 0 Å². The molecule has 2 aromatic rings. The fraction of sp³-hybridized carbons (Fsp3) is 0.227. The fourth-order valence-electron chi connectivity index (χ4n) is 4.04. The van der Waals surface area contributed by atoms with Gasteiger partial charge in [-0.2, -0.15) is 0 Å². The maximum atomic E-state index is 11.3. The van der Waals surface area contributed by atoms with Gasteiger partial charge in [-0.3, -0.25) is 25.1 Å². The van der Waals surface area contributed by atoms with Gasteiger partial charge in [0.15, 0.2) is 5.11 Å². The Balaban J connectivity index is 1.81. The van der Waals surface area contributed by atoms with Crippen LogP contribution in [0.2, 0.25) is 0 Å². The molecular formula is C22H21N5O4S. The van der Waals surface area contributed by atoms with Crippen LogP contribution in [0.25, 0.3) is 6.08 Å². The molecule has 10 heteroatoms. The molecule has 0 bridgehead atoms. The molecule has 0 aliphatic carbocycles. The van der Waals surface area contributed by atoms with Crippen molar-refractivity contribution in [2.24, 2.45) is 0 Å². The van der Waals surface area contributed by atoms with E-state index in [4.69, 9.17) is 12.2 Å². The highest BCUT2D eigenvalue weighted by molar-refractivity contribution is 7.80. The molecule has 0 spiro atoms. The van der Waals surface area contributed by atoms with Crippen LogP contribution in [0.3, 0.4) is 0 Å². The summed E-state index contributed by atoms with van der Waals surface area (Å²) in [7, 11) is 0. The second-order valence-corrected chi connectivity index (χ2v) is 8.02. The number of thiocarbonyl (C=S) groups is 1. The molecule has 1 atom stereocenters. The normalized spacial score (nSPS) is 19.8. The first-order valence-electron chi connectivity index (χ1n) is 10.1. The summed E-state index contributed by atoms with van der Waals surface area (Å²) < 4.78 is 0. The highest BCUT2D eigenvalue weighted by Crippen LogP contribution is 2.35. The molecule has 0 aromatic heterocycles.